The van der Waals surface area contributed by atoms with Gasteiger partial charge in [0.25, 0.3) is 5.78 Å². The molecule has 0 aliphatic carbocycles. The molecule has 9 heteroatoms. The molecule has 0 saturated heterocycles. The number of rotatable bonds is 3. The van der Waals surface area contributed by atoms with Crippen LogP contribution in [0.5, 0.6) is 0 Å². The monoisotopic (exact) mass is 232 g/mol. The van der Waals surface area contributed by atoms with Crippen LogP contribution in [0.15, 0.2) is 0 Å². The molecule has 0 N–H and O–H groups in total. The molecular weight excluding hydrogens is 229 g/mol. The van der Waals surface area contributed by atoms with E-state index in [9.17, 15) is 35.9 Å². The predicted molar refractivity (Wildman–Crippen MR) is 28.1 cm³/mol. The number of carbonyl (C=O) groups excluding carboxylic acids is 2. The summed E-state index contributed by atoms with van der Waals surface area (Å²) in [6.07, 6.45) is -5.70. The molecule has 0 radical (unpaired) electrons. The van der Waals surface area contributed by atoms with Gasteiger partial charge in [0.1, 0.15) is 0 Å². The molecule has 0 aliphatic rings. The van der Waals surface area contributed by atoms with Gasteiger partial charge in [-0.3, -0.25) is 9.59 Å². The van der Waals surface area contributed by atoms with Crippen molar-refractivity contribution in [2.75, 3.05) is 6.67 Å². The molecular formula is C5H3F6NaO2. The topological polar surface area (TPSA) is 34.1 Å². The Morgan fingerprint density at radius 3 is 1.57 bits per heavy atom. The second-order valence-corrected chi connectivity index (χ2v) is 1.99. The first kappa shape index (κ1) is 16.4. The van der Waals surface area contributed by atoms with Gasteiger partial charge in [-0.1, -0.05) is 0 Å². The van der Waals surface area contributed by atoms with Crippen molar-refractivity contribution < 1.29 is 66.9 Å². The first-order valence-corrected chi connectivity index (χ1v) is 2.72. The fourth-order valence-corrected chi connectivity index (χ4v) is 0.356. The van der Waals surface area contributed by atoms with Crippen molar-refractivity contribution in [1.29, 1.82) is 0 Å². The Balaban J connectivity index is -0.000000720. The molecule has 0 spiro atoms. The van der Waals surface area contributed by atoms with E-state index in [4.69, 9.17) is 0 Å². The van der Waals surface area contributed by atoms with E-state index in [2.05, 4.69) is 0 Å². The van der Waals surface area contributed by atoms with Crippen LogP contribution in [0.3, 0.4) is 0 Å². The van der Waals surface area contributed by atoms with Crippen LogP contribution in [0.25, 0.3) is 0 Å². The summed E-state index contributed by atoms with van der Waals surface area (Å²) in [6, 6.07) is 0. The van der Waals surface area contributed by atoms with Crippen molar-refractivity contribution in [3.63, 3.8) is 0 Å². The zero-order valence-electron chi connectivity index (χ0n) is 7.79. The molecule has 0 atom stereocenters. The van der Waals surface area contributed by atoms with E-state index in [1.54, 1.807) is 0 Å². The zero-order chi connectivity index (χ0) is 10.9. The van der Waals surface area contributed by atoms with E-state index in [1.165, 1.54) is 0 Å². The van der Waals surface area contributed by atoms with Gasteiger partial charge in [-0.25, -0.2) is 4.39 Å². The Bertz CT molecular complexity index is 240. The summed E-state index contributed by atoms with van der Waals surface area (Å²) in [6.45, 7) is -2.63. The number of alkyl halides is 6. The van der Waals surface area contributed by atoms with Crippen LogP contribution in [0.2, 0.25) is 0 Å². The Kier molecular flexibility index (Phi) is 5.99. The van der Waals surface area contributed by atoms with E-state index < -0.39 is 30.3 Å². The van der Waals surface area contributed by atoms with Gasteiger partial charge in [0.15, 0.2) is 6.67 Å². The van der Waals surface area contributed by atoms with Crippen LogP contribution in [0, 0.1) is 0 Å². The number of ketones is 2. The van der Waals surface area contributed by atoms with Crippen molar-refractivity contribution >= 4 is 11.6 Å². The van der Waals surface area contributed by atoms with E-state index in [1.807, 2.05) is 0 Å². The van der Waals surface area contributed by atoms with Crippen molar-refractivity contribution in [2.24, 2.45) is 0 Å². The fourth-order valence-electron chi connectivity index (χ4n) is 0.356. The smallest absolute Gasteiger partial charge is 1.00 e. The molecule has 0 aromatic carbocycles. The van der Waals surface area contributed by atoms with E-state index >= 15 is 0 Å². The van der Waals surface area contributed by atoms with Gasteiger partial charge in [-0.15, -0.1) is 0 Å². The Labute approximate surface area is 97.4 Å². The normalized spacial score (nSPS) is 11.9. The second-order valence-electron chi connectivity index (χ2n) is 1.99. The second kappa shape index (κ2) is 5.13. The van der Waals surface area contributed by atoms with Crippen LogP contribution in [-0.4, -0.2) is 30.3 Å². The minimum Gasteiger partial charge on any atom is -1.00 e. The Hall–Kier alpha value is -0.0800. The molecule has 0 aromatic heterocycles. The van der Waals surface area contributed by atoms with Crippen molar-refractivity contribution in [1.82, 2.24) is 0 Å². The molecule has 0 aliphatic heterocycles. The molecule has 0 bridgehead atoms. The number of hydrogen-bond donors (Lipinski definition) is 0. The predicted octanol–water partition coefficient (Wildman–Crippen LogP) is -1.59. The summed E-state index contributed by atoms with van der Waals surface area (Å²) in [5.41, 5.74) is 0. The van der Waals surface area contributed by atoms with Crippen LogP contribution in [0.1, 0.15) is 1.43 Å². The number of Topliss-reactive ketones (excluding diaryl/α,β-unsaturated/α-hetero) is 2. The molecule has 78 valence electrons. The summed E-state index contributed by atoms with van der Waals surface area (Å²) in [5.74, 6) is -11.2. The van der Waals surface area contributed by atoms with E-state index in [0.717, 1.165) is 0 Å². The first-order chi connectivity index (χ1) is 5.63. The Morgan fingerprint density at radius 2 is 1.36 bits per heavy atom. The minimum absolute atomic E-state index is 0. The van der Waals surface area contributed by atoms with Gasteiger partial charge in [-0.05, 0) is 0 Å². The zero-order valence-corrected chi connectivity index (χ0v) is 8.79. The van der Waals surface area contributed by atoms with Gasteiger partial charge in [-0.2, -0.15) is 22.0 Å². The van der Waals surface area contributed by atoms with Crippen LogP contribution in [0.4, 0.5) is 26.3 Å². The third-order valence-corrected chi connectivity index (χ3v) is 0.964. The number of carbonyl (C=O) groups is 2. The van der Waals surface area contributed by atoms with Crippen LogP contribution in [-0.2, 0) is 9.59 Å². The van der Waals surface area contributed by atoms with Gasteiger partial charge >= 0.3 is 47.4 Å². The maximum atomic E-state index is 11.9. The largest absolute Gasteiger partial charge is 1.00 e. The third-order valence-electron chi connectivity index (χ3n) is 0.964. The molecule has 0 aromatic rings. The summed E-state index contributed by atoms with van der Waals surface area (Å²) >= 11 is 0. The Morgan fingerprint density at radius 1 is 1.00 bits per heavy atom. The molecule has 14 heavy (non-hydrogen) atoms. The average molecular weight is 232 g/mol. The van der Waals surface area contributed by atoms with Gasteiger partial charge < -0.3 is 1.43 Å². The molecule has 0 heterocycles. The molecule has 2 nitrogen and oxygen atoms in total. The van der Waals surface area contributed by atoms with Crippen molar-refractivity contribution in [3.05, 3.63) is 0 Å². The SMILES string of the molecule is O=C(C(=O)C(F)(F)CF)C(F)(F)F.[H-].[Na+]. The maximum absolute atomic E-state index is 11.9. The first-order valence-electron chi connectivity index (χ1n) is 2.72. The quantitative estimate of drug-likeness (QED) is 0.334. The molecule has 0 rings (SSSR count). The van der Waals surface area contributed by atoms with Crippen molar-refractivity contribution in [2.45, 2.75) is 12.1 Å². The van der Waals surface area contributed by atoms with Gasteiger partial charge in [0.2, 0.25) is 0 Å². The number of halogens is 6. The number of hydrogen-bond acceptors (Lipinski definition) is 2. The molecule has 0 unspecified atom stereocenters. The summed E-state index contributed by atoms with van der Waals surface area (Å²) in [4.78, 5) is 19.8. The maximum Gasteiger partial charge on any atom is 1.00 e. The van der Waals surface area contributed by atoms with E-state index in [0.29, 0.717) is 0 Å². The fraction of sp³-hybridized carbons (Fsp3) is 0.600. The van der Waals surface area contributed by atoms with Crippen molar-refractivity contribution in [3.8, 4) is 0 Å². The van der Waals surface area contributed by atoms with Crippen LogP contribution >= 0.6 is 0 Å². The van der Waals surface area contributed by atoms with Gasteiger partial charge in [0, 0.05) is 0 Å². The summed E-state index contributed by atoms with van der Waals surface area (Å²) in [5, 5.41) is 0. The summed E-state index contributed by atoms with van der Waals surface area (Å²) < 4.78 is 69.1. The average Bonchev–Trinajstić information content (AvgIpc) is 2.00. The minimum atomic E-state index is -5.70. The molecule has 0 saturated carbocycles. The van der Waals surface area contributed by atoms with Crippen LogP contribution < -0.4 is 29.6 Å². The standard InChI is InChI=1S/C5H2F6O2.Na.H/c6-1-4(7,8)2(12)3(13)5(9,10)11;;/h1H2;;/q;+1;-1. The van der Waals surface area contributed by atoms with E-state index in [-0.39, 0.29) is 31.0 Å². The summed E-state index contributed by atoms with van der Waals surface area (Å²) in [7, 11) is 0. The third kappa shape index (κ3) is 3.97. The molecule has 0 fully saturated rings. The van der Waals surface area contributed by atoms with Gasteiger partial charge in [0.05, 0.1) is 0 Å². The molecule has 0 amide bonds.